The molecule has 0 N–H and O–H groups in total. The van der Waals surface area contributed by atoms with Crippen molar-refractivity contribution in [3.05, 3.63) is 24.3 Å². The summed E-state index contributed by atoms with van der Waals surface area (Å²) in [6, 6.07) is 0. The number of hydrogen-bond donors (Lipinski definition) is 0. The van der Waals surface area contributed by atoms with Crippen LogP contribution in [0.1, 0.15) is 53.4 Å². The standard InChI is InChI=1S/C14H24N2/c1-13(2)11-9-7-5-6-8-10-12-14(3,4)16-15-13/h7-10H,5-6,11-12H2,1-4H3. The summed E-state index contributed by atoms with van der Waals surface area (Å²) in [5.41, 5.74) is -0.145. The average molecular weight is 220 g/mol. The van der Waals surface area contributed by atoms with E-state index in [1.807, 2.05) is 0 Å². The zero-order valence-electron chi connectivity index (χ0n) is 11.0. The Labute approximate surface area is 99.5 Å². The van der Waals surface area contributed by atoms with E-state index in [9.17, 15) is 0 Å². The first-order valence-electron chi connectivity index (χ1n) is 6.15. The van der Waals surface area contributed by atoms with Crippen molar-refractivity contribution in [1.29, 1.82) is 0 Å². The normalized spacial score (nSPS) is 24.8. The number of allylic oxidation sites excluding steroid dienone is 2. The molecular formula is C14H24N2. The molecule has 0 spiro atoms. The van der Waals surface area contributed by atoms with Crippen LogP contribution in [-0.4, -0.2) is 11.1 Å². The molecule has 0 aliphatic carbocycles. The van der Waals surface area contributed by atoms with Gasteiger partial charge in [-0.05, 0) is 53.4 Å². The van der Waals surface area contributed by atoms with Crippen molar-refractivity contribution in [2.75, 3.05) is 0 Å². The molecule has 1 rings (SSSR count). The molecule has 90 valence electrons. The van der Waals surface area contributed by atoms with Gasteiger partial charge in [0.15, 0.2) is 0 Å². The van der Waals surface area contributed by atoms with Gasteiger partial charge in [-0.1, -0.05) is 24.3 Å². The van der Waals surface area contributed by atoms with E-state index in [4.69, 9.17) is 0 Å². The summed E-state index contributed by atoms with van der Waals surface area (Å²) in [5.74, 6) is 0. The molecule has 0 saturated heterocycles. The Balaban J connectivity index is 2.80. The van der Waals surface area contributed by atoms with Crippen LogP contribution in [-0.2, 0) is 0 Å². The minimum Gasteiger partial charge on any atom is -0.187 e. The predicted octanol–water partition coefficient (Wildman–Crippen LogP) is 4.68. The molecule has 0 bridgehead atoms. The van der Waals surface area contributed by atoms with Crippen LogP contribution < -0.4 is 0 Å². The molecule has 0 amide bonds. The third-order valence-electron chi connectivity index (χ3n) is 2.66. The van der Waals surface area contributed by atoms with E-state index in [0.717, 1.165) is 25.7 Å². The van der Waals surface area contributed by atoms with Gasteiger partial charge >= 0.3 is 0 Å². The molecule has 0 aromatic carbocycles. The van der Waals surface area contributed by atoms with Crippen LogP contribution in [0.5, 0.6) is 0 Å². The number of azo groups is 1. The Hall–Kier alpha value is -0.920. The fraction of sp³-hybridized carbons (Fsp3) is 0.714. The second-order valence-electron chi connectivity index (χ2n) is 5.75. The molecule has 1 aliphatic rings. The van der Waals surface area contributed by atoms with Crippen LogP contribution in [0.2, 0.25) is 0 Å². The van der Waals surface area contributed by atoms with E-state index < -0.39 is 0 Å². The zero-order valence-corrected chi connectivity index (χ0v) is 11.0. The highest BCUT2D eigenvalue weighted by molar-refractivity contribution is 4.97. The maximum atomic E-state index is 4.48. The number of hydrogen-bond acceptors (Lipinski definition) is 2. The van der Waals surface area contributed by atoms with Gasteiger partial charge in [-0.15, -0.1) is 0 Å². The fourth-order valence-electron chi connectivity index (χ4n) is 1.52. The molecule has 0 radical (unpaired) electrons. The van der Waals surface area contributed by atoms with Crippen molar-refractivity contribution in [3.63, 3.8) is 0 Å². The third-order valence-corrected chi connectivity index (χ3v) is 2.66. The Bertz CT molecular complexity index is 266. The van der Waals surface area contributed by atoms with Gasteiger partial charge in [0.25, 0.3) is 0 Å². The van der Waals surface area contributed by atoms with Crippen molar-refractivity contribution in [3.8, 4) is 0 Å². The molecule has 0 fully saturated rings. The van der Waals surface area contributed by atoms with Gasteiger partial charge in [0.2, 0.25) is 0 Å². The van der Waals surface area contributed by atoms with Crippen molar-refractivity contribution in [1.82, 2.24) is 0 Å². The van der Waals surface area contributed by atoms with Crippen LogP contribution in [0.4, 0.5) is 0 Å². The van der Waals surface area contributed by atoms with Crippen LogP contribution in [0.3, 0.4) is 0 Å². The number of rotatable bonds is 0. The van der Waals surface area contributed by atoms with E-state index in [1.54, 1.807) is 0 Å². The van der Waals surface area contributed by atoms with Gasteiger partial charge in [-0.2, -0.15) is 10.2 Å². The second kappa shape index (κ2) is 5.42. The quantitative estimate of drug-likeness (QED) is 0.529. The van der Waals surface area contributed by atoms with Gasteiger partial charge in [0, 0.05) is 0 Å². The summed E-state index contributed by atoms with van der Waals surface area (Å²) < 4.78 is 0. The lowest BCUT2D eigenvalue weighted by Gasteiger charge is -2.21. The molecule has 2 nitrogen and oxygen atoms in total. The largest absolute Gasteiger partial charge is 0.187 e. The topological polar surface area (TPSA) is 24.7 Å². The Morgan fingerprint density at radius 3 is 1.44 bits per heavy atom. The van der Waals surface area contributed by atoms with E-state index in [0.29, 0.717) is 0 Å². The molecule has 0 unspecified atom stereocenters. The lowest BCUT2D eigenvalue weighted by Crippen LogP contribution is -2.20. The van der Waals surface area contributed by atoms with Gasteiger partial charge in [-0.25, -0.2) is 0 Å². The van der Waals surface area contributed by atoms with Crippen LogP contribution in [0.25, 0.3) is 0 Å². The average Bonchev–Trinajstić information content (AvgIpc) is 2.18. The molecule has 2 heteroatoms. The molecule has 1 aliphatic heterocycles. The van der Waals surface area contributed by atoms with Gasteiger partial charge < -0.3 is 0 Å². The van der Waals surface area contributed by atoms with E-state index in [1.165, 1.54) is 0 Å². The summed E-state index contributed by atoms with van der Waals surface area (Å²) in [6.07, 6.45) is 13.1. The fourth-order valence-corrected chi connectivity index (χ4v) is 1.52. The van der Waals surface area contributed by atoms with E-state index in [-0.39, 0.29) is 11.1 Å². The summed E-state index contributed by atoms with van der Waals surface area (Å²) >= 11 is 0. The van der Waals surface area contributed by atoms with Gasteiger partial charge in [0.05, 0.1) is 11.1 Å². The van der Waals surface area contributed by atoms with Gasteiger partial charge in [0.1, 0.15) is 0 Å². The minimum absolute atomic E-state index is 0.0727. The third kappa shape index (κ3) is 5.24. The Kier molecular flexibility index (Phi) is 4.45. The first kappa shape index (κ1) is 13.1. The molecule has 0 atom stereocenters. The lowest BCUT2D eigenvalue weighted by molar-refractivity contribution is 0.423. The van der Waals surface area contributed by atoms with Crippen LogP contribution in [0.15, 0.2) is 34.5 Å². The van der Waals surface area contributed by atoms with Gasteiger partial charge in [-0.3, -0.25) is 0 Å². The monoisotopic (exact) mass is 220 g/mol. The van der Waals surface area contributed by atoms with E-state index >= 15 is 0 Å². The second-order valence-corrected chi connectivity index (χ2v) is 5.75. The molecule has 0 saturated carbocycles. The molecule has 0 aromatic heterocycles. The highest BCUT2D eigenvalue weighted by Crippen LogP contribution is 2.22. The maximum Gasteiger partial charge on any atom is 0.0794 e. The minimum atomic E-state index is -0.0727. The van der Waals surface area contributed by atoms with Crippen molar-refractivity contribution >= 4 is 0 Å². The molecule has 16 heavy (non-hydrogen) atoms. The summed E-state index contributed by atoms with van der Waals surface area (Å²) in [5, 5.41) is 8.96. The maximum absolute atomic E-state index is 4.48. The first-order chi connectivity index (χ1) is 7.41. The molecule has 0 aromatic rings. The number of nitrogens with zero attached hydrogens (tertiary/aromatic N) is 2. The van der Waals surface area contributed by atoms with Crippen molar-refractivity contribution in [2.24, 2.45) is 10.2 Å². The van der Waals surface area contributed by atoms with Crippen molar-refractivity contribution in [2.45, 2.75) is 64.5 Å². The Morgan fingerprint density at radius 1 is 0.688 bits per heavy atom. The smallest absolute Gasteiger partial charge is 0.0794 e. The highest BCUT2D eigenvalue weighted by Gasteiger charge is 2.19. The first-order valence-corrected chi connectivity index (χ1v) is 6.15. The summed E-state index contributed by atoms with van der Waals surface area (Å²) in [6.45, 7) is 8.55. The lowest BCUT2D eigenvalue weighted by atomic mass is 9.99. The van der Waals surface area contributed by atoms with E-state index in [2.05, 4.69) is 62.2 Å². The molecular weight excluding hydrogens is 196 g/mol. The zero-order chi connectivity index (χ0) is 12.1. The van der Waals surface area contributed by atoms with Crippen LogP contribution >= 0.6 is 0 Å². The molecule has 1 heterocycles. The SMILES string of the molecule is CC1(C)CC=CCCC=CCC(C)(C)N=N1. The summed E-state index contributed by atoms with van der Waals surface area (Å²) in [7, 11) is 0. The Morgan fingerprint density at radius 2 is 1.06 bits per heavy atom. The predicted molar refractivity (Wildman–Crippen MR) is 69.8 cm³/mol. The highest BCUT2D eigenvalue weighted by atomic mass is 15.2. The van der Waals surface area contributed by atoms with Crippen LogP contribution in [0, 0.1) is 0 Å². The summed E-state index contributed by atoms with van der Waals surface area (Å²) in [4.78, 5) is 0. The van der Waals surface area contributed by atoms with Crippen molar-refractivity contribution < 1.29 is 0 Å².